The highest BCUT2D eigenvalue weighted by Crippen LogP contribution is 2.38. The van der Waals surface area contributed by atoms with Crippen molar-refractivity contribution in [1.29, 1.82) is 0 Å². The number of primary amides is 1. The number of likely N-dealkylation sites (tertiary alicyclic amines) is 1. The molecule has 7 heteroatoms. The van der Waals surface area contributed by atoms with Crippen molar-refractivity contribution in [2.45, 2.75) is 76.2 Å². The van der Waals surface area contributed by atoms with Crippen LogP contribution < -0.4 is 5.73 Å². The molecule has 0 unspecified atom stereocenters. The Morgan fingerprint density at radius 3 is 2.36 bits per heavy atom. The van der Waals surface area contributed by atoms with Gasteiger partial charge in [-0.25, -0.2) is 0 Å². The van der Waals surface area contributed by atoms with Gasteiger partial charge in [-0.05, 0) is 61.9 Å². The fourth-order valence-corrected chi connectivity index (χ4v) is 5.91. The maximum Gasteiger partial charge on any atom is 0.306 e. The average molecular weight is 535 g/mol. The largest absolute Gasteiger partial charge is 0.456 e. The Kier molecular flexibility index (Phi) is 11.1. The predicted octanol–water partition coefficient (Wildman–Crippen LogP) is 4.62. The minimum absolute atomic E-state index is 0.00194. The van der Waals surface area contributed by atoms with Crippen LogP contribution in [0.25, 0.3) is 11.1 Å². The first-order valence-electron chi connectivity index (χ1n) is 14.3. The number of aliphatic hydroxyl groups is 1. The Morgan fingerprint density at radius 1 is 0.949 bits per heavy atom. The fraction of sp³-hybridized carbons (Fsp3) is 0.500. The summed E-state index contributed by atoms with van der Waals surface area (Å²) in [6, 6.07) is 19.0. The van der Waals surface area contributed by atoms with E-state index < -0.39 is 11.9 Å². The molecule has 210 valence electrons. The van der Waals surface area contributed by atoms with Crippen molar-refractivity contribution in [1.82, 2.24) is 4.90 Å². The zero-order chi connectivity index (χ0) is 27.5. The van der Waals surface area contributed by atoms with E-state index in [1.807, 2.05) is 24.3 Å². The van der Waals surface area contributed by atoms with Crippen molar-refractivity contribution in [2.24, 2.45) is 11.7 Å². The van der Waals surface area contributed by atoms with Gasteiger partial charge in [-0.15, -0.1) is 0 Å². The van der Waals surface area contributed by atoms with Crippen molar-refractivity contribution in [2.75, 3.05) is 19.7 Å². The van der Waals surface area contributed by atoms with Crippen molar-refractivity contribution < 1.29 is 24.2 Å². The molecule has 4 atom stereocenters. The summed E-state index contributed by atoms with van der Waals surface area (Å²) in [5, 5.41) is 11.1. The maximum absolute atomic E-state index is 11.7. The number of esters is 1. The van der Waals surface area contributed by atoms with Crippen LogP contribution in [0.15, 0.2) is 66.7 Å². The zero-order valence-corrected chi connectivity index (χ0v) is 22.8. The fourth-order valence-electron chi connectivity index (χ4n) is 5.91. The summed E-state index contributed by atoms with van der Waals surface area (Å²) in [5.74, 6) is -0.832. The van der Waals surface area contributed by atoms with E-state index in [2.05, 4.69) is 47.4 Å². The van der Waals surface area contributed by atoms with Gasteiger partial charge in [0, 0.05) is 24.8 Å². The number of nitrogens with two attached hydrogens (primary N) is 1. The van der Waals surface area contributed by atoms with Gasteiger partial charge in [-0.1, -0.05) is 73.2 Å². The molecular weight excluding hydrogens is 492 g/mol. The quantitative estimate of drug-likeness (QED) is 0.287. The minimum Gasteiger partial charge on any atom is -0.456 e. The van der Waals surface area contributed by atoms with Crippen molar-refractivity contribution in [3.05, 3.63) is 72.3 Å². The first kappa shape index (κ1) is 29.0. The second-order valence-electron chi connectivity index (χ2n) is 10.7. The summed E-state index contributed by atoms with van der Waals surface area (Å²) >= 11 is 0. The maximum atomic E-state index is 11.7. The molecule has 1 amide bonds. The average Bonchev–Trinajstić information content (AvgIpc) is 3.28. The topological polar surface area (TPSA) is 102 Å². The monoisotopic (exact) mass is 534 g/mol. The first-order valence-corrected chi connectivity index (χ1v) is 14.3. The van der Waals surface area contributed by atoms with E-state index in [1.165, 1.54) is 30.4 Å². The molecule has 39 heavy (non-hydrogen) atoms. The van der Waals surface area contributed by atoms with Crippen LogP contribution >= 0.6 is 0 Å². The van der Waals surface area contributed by atoms with E-state index in [0.717, 1.165) is 31.5 Å². The van der Waals surface area contributed by atoms with Crippen LogP contribution in [0.1, 0.15) is 56.9 Å². The molecule has 1 saturated carbocycles. The molecule has 1 aliphatic carbocycles. The Labute approximate surface area is 232 Å². The Balaban J connectivity index is 1.32. The lowest BCUT2D eigenvalue weighted by Crippen LogP contribution is -2.47. The SMILES string of the molecule is NC(=O)COC(=O)CC/C=C\CC[C@@H]1[C@@H](N2CCCCC2)[C@@H](O)C[C@@H]1OCc1ccc(-c2ccccc2)cc1. The second-order valence-corrected chi connectivity index (χ2v) is 10.7. The molecule has 2 aromatic carbocycles. The van der Waals surface area contributed by atoms with Crippen LogP contribution in [0.5, 0.6) is 0 Å². The number of benzene rings is 2. The Morgan fingerprint density at radius 2 is 1.64 bits per heavy atom. The lowest BCUT2D eigenvalue weighted by atomic mass is 9.92. The third-order valence-corrected chi connectivity index (χ3v) is 7.85. The van der Waals surface area contributed by atoms with Crippen LogP contribution in [0.2, 0.25) is 0 Å². The summed E-state index contributed by atoms with van der Waals surface area (Å²) < 4.78 is 11.3. The molecule has 7 nitrogen and oxygen atoms in total. The van der Waals surface area contributed by atoms with Crippen molar-refractivity contribution >= 4 is 11.9 Å². The smallest absolute Gasteiger partial charge is 0.306 e. The third-order valence-electron chi connectivity index (χ3n) is 7.85. The molecule has 1 heterocycles. The van der Waals surface area contributed by atoms with Gasteiger partial charge in [-0.2, -0.15) is 0 Å². The van der Waals surface area contributed by atoms with E-state index >= 15 is 0 Å². The van der Waals surface area contributed by atoms with Crippen LogP contribution in [0.3, 0.4) is 0 Å². The van der Waals surface area contributed by atoms with E-state index in [1.54, 1.807) is 0 Å². The summed E-state index contributed by atoms with van der Waals surface area (Å²) in [7, 11) is 0. The van der Waals surface area contributed by atoms with Gasteiger partial charge in [0.05, 0.1) is 18.8 Å². The number of allylic oxidation sites excluding steroid dienone is 2. The molecule has 3 N–H and O–H groups in total. The molecule has 1 saturated heterocycles. The Bertz CT molecular complexity index is 1070. The molecule has 2 aromatic rings. The third kappa shape index (κ3) is 8.75. The van der Waals surface area contributed by atoms with Crippen molar-refractivity contribution in [3.63, 3.8) is 0 Å². The van der Waals surface area contributed by atoms with E-state index in [9.17, 15) is 14.7 Å². The van der Waals surface area contributed by atoms with E-state index in [-0.39, 0.29) is 37.2 Å². The zero-order valence-electron chi connectivity index (χ0n) is 22.8. The molecule has 1 aliphatic heterocycles. The molecule has 2 aliphatic rings. The van der Waals surface area contributed by atoms with Crippen LogP contribution in [-0.2, 0) is 25.7 Å². The van der Waals surface area contributed by atoms with E-state index in [4.69, 9.17) is 15.2 Å². The van der Waals surface area contributed by atoms with Crippen LogP contribution in [0.4, 0.5) is 0 Å². The molecule has 0 radical (unpaired) electrons. The second kappa shape index (κ2) is 15.0. The summed E-state index contributed by atoms with van der Waals surface area (Å²) in [6.07, 6.45) is 10.5. The summed E-state index contributed by atoms with van der Waals surface area (Å²) in [5.41, 5.74) is 8.52. The first-order chi connectivity index (χ1) is 19.0. The van der Waals surface area contributed by atoms with Crippen LogP contribution in [-0.4, -0.2) is 59.8 Å². The van der Waals surface area contributed by atoms with Gasteiger partial charge < -0.3 is 20.3 Å². The number of aliphatic hydroxyl groups excluding tert-OH is 1. The highest BCUT2D eigenvalue weighted by atomic mass is 16.5. The molecule has 2 fully saturated rings. The number of carbonyl (C=O) groups excluding carboxylic acids is 2. The van der Waals surface area contributed by atoms with Crippen LogP contribution in [0, 0.1) is 5.92 Å². The predicted molar refractivity (Wildman–Crippen MR) is 152 cm³/mol. The number of ether oxygens (including phenoxy) is 2. The number of rotatable bonds is 13. The minimum atomic E-state index is -0.651. The standard InChI is InChI=1S/C32H42N2O5/c33-30(36)23-39-31(37)14-8-2-1-7-13-27-29(21-28(35)32(27)34-19-9-4-10-20-34)38-22-24-15-17-26(18-16-24)25-11-5-3-6-12-25/h1-3,5-6,11-12,15-18,27-29,32,35H,4,7-10,13-14,19-23H2,(H2,33,36)/b2-1-/t27-,28-,29-,32+/m0/s1. The number of hydrogen-bond donors (Lipinski definition) is 2. The molecule has 4 rings (SSSR count). The van der Waals surface area contributed by atoms with Crippen molar-refractivity contribution in [3.8, 4) is 11.1 Å². The lowest BCUT2D eigenvalue weighted by molar-refractivity contribution is -0.147. The molecule has 0 bridgehead atoms. The van der Waals surface area contributed by atoms with Gasteiger partial charge in [0.15, 0.2) is 6.61 Å². The Hall–Kier alpha value is -3.00. The normalized spacial score (nSPS) is 23.7. The number of carbonyl (C=O) groups is 2. The summed E-state index contributed by atoms with van der Waals surface area (Å²) in [4.78, 5) is 24.9. The molecule has 0 spiro atoms. The number of nitrogens with zero attached hydrogens (tertiary/aromatic N) is 1. The van der Waals surface area contributed by atoms with Gasteiger partial charge >= 0.3 is 5.97 Å². The highest BCUT2D eigenvalue weighted by Gasteiger charge is 2.45. The lowest BCUT2D eigenvalue weighted by Gasteiger charge is -2.38. The molecular formula is C32H42N2O5. The van der Waals surface area contributed by atoms with E-state index in [0.29, 0.717) is 19.4 Å². The number of piperidine rings is 1. The molecule has 0 aromatic heterocycles. The van der Waals surface area contributed by atoms with Gasteiger partial charge in [0.2, 0.25) is 0 Å². The number of hydrogen-bond acceptors (Lipinski definition) is 6. The van der Waals surface area contributed by atoms with Gasteiger partial charge in [0.25, 0.3) is 5.91 Å². The van der Waals surface area contributed by atoms with Gasteiger partial charge in [0.1, 0.15) is 0 Å². The highest BCUT2D eigenvalue weighted by molar-refractivity contribution is 5.79. The summed E-state index contributed by atoms with van der Waals surface area (Å²) in [6.45, 7) is 2.23. The number of amides is 1. The van der Waals surface area contributed by atoms with Gasteiger partial charge in [-0.3, -0.25) is 14.5 Å².